The second-order valence-electron chi connectivity index (χ2n) is 5.82. The van der Waals surface area contributed by atoms with Gasteiger partial charge < -0.3 is 19.5 Å². The largest absolute Gasteiger partial charge is 0.378 e. The molecule has 1 fully saturated rings. The van der Waals surface area contributed by atoms with Crippen molar-refractivity contribution in [1.82, 2.24) is 9.88 Å². The molecular formula is C16H22FN3O. The Morgan fingerprint density at radius 1 is 1.29 bits per heavy atom. The van der Waals surface area contributed by atoms with Crippen LogP contribution >= 0.6 is 0 Å². The lowest BCUT2D eigenvalue weighted by Crippen LogP contribution is -2.36. The molecule has 2 heterocycles. The predicted octanol–water partition coefficient (Wildman–Crippen LogP) is 2.25. The SMILES string of the molecule is CN(C)CCc1c[nH]c2cc(F)c(N3CCOCC3)cc12. The predicted molar refractivity (Wildman–Crippen MR) is 83.5 cm³/mol. The number of H-pyrrole nitrogens is 1. The lowest BCUT2D eigenvalue weighted by atomic mass is 10.1. The van der Waals surface area contributed by atoms with Gasteiger partial charge in [-0.15, -0.1) is 0 Å². The summed E-state index contributed by atoms with van der Waals surface area (Å²) >= 11 is 0. The van der Waals surface area contributed by atoms with E-state index in [1.54, 1.807) is 6.07 Å². The summed E-state index contributed by atoms with van der Waals surface area (Å²) in [5, 5.41) is 1.12. The van der Waals surface area contributed by atoms with Gasteiger partial charge in [0.25, 0.3) is 0 Å². The Kier molecular flexibility index (Phi) is 4.12. The number of halogens is 1. The van der Waals surface area contributed by atoms with Crippen LogP contribution in [0.4, 0.5) is 10.1 Å². The number of fused-ring (bicyclic) bond motifs is 1. The van der Waals surface area contributed by atoms with Gasteiger partial charge in [0.1, 0.15) is 5.82 Å². The lowest BCUT2D eigenvalue weighted by Gasteiger charge is -2.29. The second kappa shape index (κ2) is 6.03. The van der Waals surface area contributed by atoms with E-state index in [2.05, 4.69) is 28.9 Å². The Bertz CT molecular complexity index is 617. The third-order valence-electron chi connectivity index (χ3n) is 4.01. The van der Waals surface area contributed by atoms with Gasteiger partial charge >= 0.3 is 0 Å². The molecule has 1 aliphatic rings. The Balaban J connectivity index is 1.93. The molecule has 2 aromatic rings. The number of benzene rings is 1. The van der Waals surface area contributed by atoms with Gasteiger partial charge in [-0.2, -0.15) is 0 Å². The quantitative estimate of drug-likeness (QED) is 0.937. The number of ether oxygens (including phenoxy) is 1. The van der Waals surface area contributed by atoms with Crippen LogP contribution in [-0.4, -0.2) is 56.8 Å². The molecule has 0 saturated carbocycles. The van der Waals surface area contributed by atoms with E-state index in [1.807, 2.05) is 12.3 Å². The van der Waals surface area contributed by atoms with E-state index in [1.165, 1.54) is 5.56 Å². The molecule has 0 atom stereocenters. The first-order chi connectivity index (χ1) is 10.1. The minimum Gasteiger partial charge on any atom is -0.378 e. The minimum atomic E-state index is -0.162. The van der Waals surface area contributed by atoms with Crippen LogP contribution < -0.4 is 4.90 Å². The average Bonchev–Trinajstić information content (AvgIpc) is 2.87. The van der Waals surface area contributed by atoms with Crippen LogP contribution in [0, 0.1) is 5.82 Å². The Hall–Kier alpha value is -1.59. The molecule has 1 saturated heterocycles. The first kappa shape index (κ1) is 14.4. The molecule has 5 heteroatoms. The van der Waals surface area contributed by atoms with Gasteiger partial charge in [-0.1, -0.05) is 0 Å². The molecule has 0 bridgehead atoms. The van der Waals surface area contributed by atoms with Crippen molar-refractivity contribution in [3.63, 3.8) is 0 Å². The first-order valence-electron chi connectivity index (χ1n) is 7.42. The van der Waals surface area contributed by atoms with E-state index in [9.17, 15) is 4.39 Å². The number of nitrogens with zero attached hydrogens (tertiary/aromatic N) is 2. The van der Waals surface area contributed by atoms with Gasteiger partial charge in [-0.3, -0.25) is 0 Å². The second-order valence-corrected chi connectivity index (χ2v) is 5.82. The molecule has 1 aromatic heterocycles. The van der Waals surface area contributed by atoms with Gasteiger partial charge in [0.2, 0.25) is 0 Å². The molecule has 21 heavy (non-hydrogen) atoms. The number of likely N-dealkylation sites (N-methyl/N-ethyl adjacent to an activating group) is 1. The molecule has 0 spiro atoms. The van der Waals surface area contributed by atoms with E-state index in [4.69, 9.17) is 4.74 Å². The number of hydrogen-bond donors (Lipinski definition) is 1. The summed E-state index contributed by atoms with van der Waals surface area (Å²) in [6.07, 6.45) is 2.96. The fourth-order valence-electron chi connectivity index (χ4n) is 2.79. The van der Waals surface area contributed by atoms with Gasteiger partial charge in [0.15, 0.2) is 0 Å². The zero-order chi connectivity index (χ0) is 14.8. The topological polar surface area (TPSA) is 31.5 Å². The lowest BCUT2D eigenvalue weighted by molar-refractivity contribution is 0.122. The van der Waals surface area contributed by atoms with E-state index < -0.39 is 0 Å². The Labute approximate surface area is 124 Å². The molecule has 1 aliphatic heterocycles. The van der Waals surface area contributed by atoms with Crippen molar-refractivity contribution in [2.45, 2.75) is 6.42 Å². The summed E-state index contributed by atoms with van der Waals surface area (Å²) in [6.45, 7) is 3.81. The van der Waals surface area contributed by atoms with Crippen molar-refractivity contribution in [1.29, 1.82) is 0 Å². The van der Waals surface area contributed by atoms with Crippen molar-refractivity contribution in [2.24, 2.45) is 0 Å². The summed E-state index contributed by atoms with van der Waals surface area (Å²) in [5.74, 6) is -0.162. The summed E-state index contributed by atoms with van der Waals surface area (Å²) in [6, 6.07) is 3.59. The van der Waals surface area contributed by atoms with E-state index >= 15 is 0 Å². The van der Waals surface area contributed by atoms with Crippen LogP contribution in [0.2, 0.25) is 0 Å². The zero-order valence-corrected chi connectivity index (χ0v) is 12.7. The summed E-state index contributed by atoms with van der Waals surface area (Å²) in [5.41, 5.74) is 2.81. The number of aromatic nitrogens is 1. The third kappa shape index (κ3) is 3.04. The summed E-state index contributed by atoms with van der Waals surface area (Å²) < 4.78 is 19.7. The van der Waals surface area contributed by atoms with Gasteiger partial charge in [0.05, 0.1) is 18.9 Å². The molecule has 1 N–H and O–H groups in total. The minimum absolute atomic E-state index is 0.162. The monoisotopic (exact) mass is 291 g/mol. The maximum absolute atomic E-state index is 14.3. The van der Waals surface area contributed by atoms with E-state index in [-0.39, 0.29) is 5.82 Å². The van der Waals surface area contributed by atoms with Crippen LogP contribution in [0.3, 0.4) is 0 Å². The van der Waals surface area contributed by atoms with Gasteiger partial charge in [-0.25, -0.2) is 4.39 Å². The summed E-state index contributed by atoms with van der Waals surface area (Å²) in [7, 11) is 4.13. The van der Waals surface area contributed by atoms with Crippen molar-refractivity contribution in [3.05, 3.63) is 29.7 Å². The highest BCUT2D eigenvalue weighted by Crippen LogP contribution is 2.28. The van der Waals surface area contributed by atoms with Crippen LogP contribution in [0.25, 0.3) is 10.9 Å². The van der Waals surface area contributed by atoms with Crippen LogP contribution in [0.1, 0.15) is 5.56 Å². The highest BCUT2D eigenvalue weighted by molar-refractivity contribution is 5.87. The van der Waals surface area contributed by atoms with Crippen molar-refractivity contribution in [3.8, 4) is 0 Å². The molecule has 4 nitrogen and oxygen atoms in total. The summed E-state index contributed by atoms with van der Waals surface area (Å²) in [4.78, 5) is 7.41. The normalized spacial score (nSPS) is 16.1. The smallest absolute Gasteiger partial charge is 0.148 e. The van der Waals surface area contributed by atoms with Crippen LogP contribution in [-0.2, 0) is 11.2 Å². The third-order valence-corrected chi connectivity index (χ3v) is 4.01. The molecule has 3 rings (SSSR count). The number of aromatic amines is 1. The number of morpholine rings is 1. The van der Waals surface area contributed by atoms with E-state index in [0.717, 1.165) is 37.0 Å². The first-order valence-corrected chi connectivity index (χ1v) is 7.42. The van der Waals surface area contributed by atoms with Crippen molar-refractivity contribution in [2.75, 3.05) is 51.8 Å². The molecule has 114 valence electrons. The molecule has 1 aromatic carbocycles. The number of anilines is 1. The van der Waals surface area contributed by atoms with E-state index in [0.29, 0.717) is 18.9 Å². The van der Waals surface area contributed by atoms with Crippen LogP contribution in [0.15, 0.2) is 18.3 Å². The highest BCUT2D eigenvalue weighted by atomic mass is 19.1. The van der Waals surface area contributed by atoms with Gasteiger partial charge in [0, 0.05) is 42.8 Å². The Morgan fingerprint density at radius 2 is 2.05 bits per heavy atom. The fourth-order valence-corrected chi connectivity index (χ4v) is 2.79. The molecule has 0 unspecified atom stereocenters. The standard InChI is InChI=1S/C16H22FN3O/c1-19(2)4-3-12-11-18-15-10-14(17)16(9-13(12)15)20-5-7-21-8-6-20/h9-11,18H,3-8H2,1-2H3. The highest BCUT2D eigenvalue weighted by Gasteiger charge is 2.17. The molecule has 0 amide bonds. The average molecular weight is 291 g/mol. The molecular weight excluding hydrogens is 269 g/mol. The number of rotatable bonds is 4. The number of hydrogen-bond acceptors (Lipinski definition) is 3. The van der Waals surface area contributed by atoms with Gasteiger partial charge in [-0.05, 0) is 32.1 Å². The molecule has 0 aliphatic carbocycles. The fraction of sp³-hybridized carbons (Fsp3) is 0.500. The van der Waals surface area contributed by atoms with Crippen LogP contribution in [0.5, 0.6) is 0 Å². The molecule has 0 radical (unpaired) electrons. The maximum Gasteiger partial charge on any atom is 0.148 e. The Morgan fingerprint density at radius 3 is 2.76 bits per heavy atom. The zero-order valence-electron chi connectivity index (χ0n) is 12.7. The number of nitrogens with one attached hydrogen (secondary N) is 1. The maximum atomic E-state index is 14.3. The van der Waals surface area contributed by atoms with Crippen molar-refractivity contribution >= 4 is 16.6 Å². The van der Waals surface area contributed by atoms with Crippen molar-refractivity contribution < 1.29 is 9.13 Å².